The van der Waals surface area contributed by atoms with Crippen LogP contribution in [-0.4, -0.2) is 45.3 Å². The number of guanidine groups is 1. The van der Waals surface area contributed by atoms with Gasteiger partial charge in [0.15, 0.2) is 5.96 Å². The summed E-state index contributed by atoms with van der Waals surface area (Å²) in [6.45, 7) is 8.07. The number of nitrogens with zero attached hydrogens (tertiary/aromatic N) is 5. The summed E-state index contributed by atoms with van der Waals surface area (Å²) in [6.07, 6.45) is 4.06. The number of likely N-dealkylation sites (tertiary alicyclic amines) is 1. The van der Waals surface area contributed by atoms with Crippen LogP contribution in [0.25, 0.3) is 0 Å². The third kappa shape index (κ3) is 3.68. The normalized spacial score (nSPS) is 17.8. The van der Waals surface area contributed by atoms with Gasteiger partial charge in [0.1, 0.15) is 18.7 Å². The van der Waals surface area contributed by atoms with Gasteiger partial charge < -0.3 is 10.2 Å². The number of rotatable bonds is 3. The third-order valence-corrected chi connectivity index (χ3v) is 3.59. The van der Waals surface area contributed by atoms with Crippen LogP contribution in [-0.2, 0) is 13.6 Å². The Labute approximate surface area is 114 Å². The molecule has 0 atom stereocenters. The maximum Gasteiger partial charge on any atom is 0.194 e. The van der Waals surface area contributed by atoms with Crippen LogP contribution in [0.4, 0.5) is 0 Å². The molecule has 1 N–H and O–H groups in total. The van der Waals surface area contributed by atoms with Crippen LogP contribution in [0.5, 0.6) is 0 Å². The predicted molar refractivity (Wildman–Crippen MR) is 75.8 cm³/mol. The maximum atomic E-state index is 4.67. The minimum atomic E-state index is 0.574. The molecule has 1 aliphatic rings. The maximum absolute atomic E-state index is 4.67. The number of aryl methyl sites for hydroxylation is 1. The van der Waals surface area contributed by atoms with Crippen molar-refractivity contribution in [3.63, 3.8) is 0 Å². The second-order valence-corrected chi connectivity index (χ2v) is 5.14. The van der Waals surface area contributed by atoms with E-state index in [4.69, 9.17) is 0 Å². The molecule has 2 heterocycles. The molecule has 6 heteroatoms. The van der Waals surface area contributed by atoms with Gasteiger partial charge in [0.2, 0.25) is 0 Å². The first-order valence-electron chi connectivity index (χ1n) is 7.06. The zero-order valence-electron chi connectivity index (χ0n) is 12.1. The van der Waals surface area contributed by atoms with Crippen LogP contribution in [0.3, 0.4) is 0 Å². The fourth-order valence-corrected chi connectivity index (χ4v) is 2.26. The standard InChI is InChI=1S/C13H24N6/c1-4-14-13(19-7-5-11(2)6-8-19)15-9-12-16-10-17-18(12)3/h10-11H,4-9H2,1-3H3,(H,14,15). The highest BCUT2D eigenvalue weighted by atomic mass is 15.3. The Bertz CT molecular complexity index is 417. The van der Waals surface area contributed by atoms with E-state index >= 15 is 0 Å². The number of piperidine rings is 1. The second kappa shape index (κ2) is 6.54. The molecule has 0 unspecified atom stereocenters. The lowest BCUT2D eigenvalue weighted by Crippen LogP contribution is -2.45. The number of aromatic nitrogens is 3. The molecule has 0 aromatic carbocycles. The molecule has 1 aromatic heterocycles. The van der Waals surface area contributed by atoms with Crippen LogP contribution in [0.1, 0.15) is 32.5 Å². The number of aliphatic imine (C=N–C) groups is 1. The molecule has 2 rings (SSSR count). The summed E-state index contributed by atoms with van der Waals surface area (Å²) in [5.41, 5.74) is 0. The molecule has 19 heavy (non-hydrogen) atoms. The largest absolute Gasteiger partial charge is 0.357 e. The first-order valence-corrected chi connectivity index (χ1v) is 7.06. The minimum Gasteiger partial charge on any atom is -0.357 e. The molecule has 0 bridgehead atoms. The van der Waals surface area contributed by atoms with Crippen molar-refractivity contribution in [2.24, 2.45) is 18.0 Å². The number of hydrogen-bond donors (Lipinski definition) is 1. The summed E-state index contributed by atoms with van der Waals surface area (Å²) >= 11 is 0. The Balaban J connectivity index is 2.00. The van der Waals surface area contributed by atoms with Crippen molar-refractivity contribution < 1.29 is 0 Å². The highest BCUT2D eigenvalue weighted by Crippen LogP contribution is 2.16. The third-order valence-electron chi connectivity index (χ3n) is 3.59. The van der Waals surface area contributed by atoms with E-state index in [-0.39, 0.29) is 0 Å². The van der Waals surface area contributed by atoms with E-state index in [1.165, 1.54) is 12.8 Å². The summed E-state index contributed by atoms with van der Waals surface area (Å²) in [5.74, 6) is 2.72. The van der Waals surface area contributed by atoms with Gasteiger partial charge in [-0.1, -0.05) is 6.92 Å². The lowest BCUT2D eigenvalue weighted by molar-refractivity contribution is 0.273. The SMILES string of the molecule is CCNC(=NCc1ncnn1C)N1CCC(C)CC1. The van der Waals surface area contributed by atoms with E-state index in [1.54, 1.807) is 11.0 Å². The lowest BCUT2D eigenvalue weighted by atomic mass is 10.00. The van der Waals surface area contributed by atoms with E-state index in [0.717, 1.165) is 37.3 Å². The lowest BCUT2D eigenvalue weighted by Gasteiger charge is -2.32. The molecule has 1 fully saturated rings. The van der Waals surface area contributed by atoms with E-state index in [9.17, 15) is 0 Å². The van der Waals surface area contributed by atoms with Crippen molar-refractivity contribution in [1.82, 2.24) is 25.0 Å². The average molecular weight is 264 g/mol. The van der Waals surface area contributed by atoms with Crippen molar-refractivity contribution in [2.75, 3.05) is 19.6 Å². The highest BCUT2D eigenvalue weighted by Gasteiger charge is 2.18. The molecule has 0 spiro atoms. The molecular weight excluding hydrogens is 240 g/mol. The average Bonchev–Trinajstić information content (AvgIpc) is 2.81. The van der Waals surface area contributed by atoms with Gasteiger partial charge >= 0.3 is 0 Å². The zero-order valence-corrected chi connectivity index (χ0v) is 12.1. The second-order valence-electron chi connectivity index (χ2n) is 5.14. The molecule has 1 saturated heterocycles. The summed E-state index contributed by atoms with van der Waals surface area (Å²) in [5, 5.41) is 7.43. The van der Waals surface area contributed by atoms with E-state index < -0.39 is 0 Å². The zero-order chi connectivity index (χ0) is 13.7. The van der Waals surface area contributed by atoms with Gasteiger partial charge in [0, 0.05) is 26.7 Å². The van der Waals surface area contributed by atoms with E-state index in [1.807, 2.05) is 7.05 Å². The molecule has 0 saturated carbocycles. The number of nitrogens with one attached hydrogen (secondary N) is 1. The van der Waals surface area contributed by atoms with E-state index in [0.29, 0.717) is 6.54 Å². The topological polar surface area (TPSA) is 58.3 Å². The first kappa shape index (κ1) is 13.8. The fourth-order valence-electron chi connectivity index (χ4n) is 2.26. The molecule has 0 aliphatic carbocycles. The summed E-state index contributed by atoms with van der Waals surface area (Å²) in [6, 6.07) is 0. The van der Waals surface area contributed by atoms with Gasteiger partial charge in [-0.25, -0.2) is 9.98 Å². The molecule has 0 amide bonds. The van der Waals surface area contributed by atoms with E-state index in [2.05, 4.69) is 39.1 Å². The Morgan fingerprint density at radius 1 is 1.47 bits per heavy atom. The summed E-state index contributed by atoms with van der Waals surface area (Å²) in [7, 11) is 1.90. The van der Waals surface area contributed by atoms with Crippen molar-refractivity contribution in [3.8, 4) is 0 Å². The van der Waals surface area contributed by atoms with Gasteiger partial charge in [-0.2, -0.15) is 5.10 Å². The van der Waals surface area contributed by atoms with Crippen LogP contribution in [0, 0.1) is 5.92 Å². The first-order chi connectivity index (χ1) is 9.20. The molecular formula is C13H24N6. The molecule has 0 radical (unpaired) electrons. The Kier molecular flexibility index (Phi) is 4.76. The summed E-state index contributed by atoms with van der Waals surface area (Å²) in [4.78, 5) is 11.2. The number of hydrogen-bond acceptors (Lipinski definition) is 3. The quantitative estimate of drug-likeness (QED) is 0.654. The van der Waals surface area contributed by atoms with Gasteiger partial charge in [0.25, 0.3) is 0 Å². The molecule has 6 nitrogen and oxygen atoms in total. The van der Waals surface area contributed by atoms with Gasteiger partial charge in [-0.15, -0.1) is 0 Å². The van der Waals surface area contributed by atoms with Gasteiger partial charge in [-0.05, 0) is 25.7 Å². The fraction of sp³-hybridized carbons (Fsp3) is 0.769. The van der Waals surface area contributed by atoms with Gasteiger partial charge in [-0.3, -0.25) is 4.68 Å². The van der Waals surface area contributed by atoms with Crippen LogP contribution in [0.2, 0.25) is 0 Å². The smallest absolute Gasteiger partial charge is 0.194 e. The Hall–Kier alpha value is -1.59. The Morgan fingerprint density at radius 2 is 2.21 bits per heavy atom. The van der Waals surface area contributed by atoms with Crippen molar-refractivity contribution >= 4 is 5.96 Å². The van der Waals surface area contributed by atoms with Crippen molar-refractivity contribution in [2.45, 2.75) is 33.2 Å². The van der Waals surface area contributed by atoms with Crippen molar-refractivity contribution in [3.05, 3.63) is 12.2 Å². The monoisotopic (exact) mass is 264 g/mol. The molecule has 1 aromatic rings. The molecule has 1 aliphatic heterocycles. The predicted octanol–water partition coefficient (Wildman–Crippen LogP) is 1.01. The minimum absolute atomic E-state index is 0.574. The van der Waals surface area contributed by atoms with Crippen LogP contribution >= 0.6 is 0 Å². The highest BCUT2D eigenvalue weighted by molar-refractivity contribution is 5.80. The van der Waals surface area contributed by atoms with Gasteiger partial charge in [0.05, 0.1) is 0 Å². The molecule has 106 valence electrons. The van der Waals surface area contributed by atoms with Crippen LogP contribution < -0.4 is 5.32 Å². The van der Waals surface area contributed by atoms with Crippen molar-refractivity contribution in [1.29, 1.82) is 0 Å². The van der Waals surface area contributed by atoms with Crippen LogP contribution in [0.15, 0.2) is 11.3 Å². The summed E-state index contributed by atoms with van der Waals surface area (Å²) < 4.78 is 1.77. The Morgan fingerprint density at radius 3 is 2.79 bits per heavy atom.